The zero-order valence-electron chi connectivity index (χ0n) is 19.1. The molecule has 8 nitrogen and oxygen atoms in total. The van der Waals surface area contributed by atoms with E-state index in [9.17, 15) is 0 Å². The lowest BCUT2D eigenvalue weighted by molar-refractivity contribution is 0.0267. The Bertz CT molecular complexity index is 930. The topological polar surface area (TPSA) is 92.2 Å². The maximum absolute atomic E-state index is 8.84. The fourth-order valence-electron chi connectivity index (χ4n) is 3.42. The van der Waals surface area contributed by atoms with Gasteiger partial charge in [-0.1, -0.05) is 0 Å². The summed E-state index contributed by atoms with van der Waals surface area (Å²) in [6.07, 6.45) is 3.69. The number of hydrogen-bond donors (Lipinski definition) is 1. The smallest absolute Gasteiger partial charge is 0.135 e. The summed E-state index contributed by atoms with van der Waals surface area (Å²) in [4.78, 5) is 9.34. The monoisotopic (exact) mass is 444 g/mol. The minimum Gasteiger partial charge on any atom is -0.490 e. The van der Waals surface area contributed by atoms with Crippen LogP contribution >= 0.6 is 0 Å². The van der Waals surface area contributed by atoms with Gasteiger partial charge in [-0.15, -0.1) is 0 Å². The Balaban J connectivity index is 1.93. The van der Waals surface area contributed by atoms with E-state index in [1.54, 1.807) is 7.11 Å². The van der Waals surface area contributed by atoms with Crippen LogP contribution in [0.1, 0.15) is 16.7 Å². The predicted octanol–water partition coefficient (Wildman–Crippen LogP) is 2.97. The van der Waals surface area contributed by atoms with Crippen LogP contribution in [0.5, 0.6) is 5.75 Å². The fraction of sp³-hybridized carbons (Fsp3) is 0.500. The molecule has 0 aliphatic heterocycles. The number of hydrogen-bond acceptors (Lipinski definition) is 8. The molecule has 0 atom stereocenters. The molecule has 0 bridgehead atoms. The number of rotatable bonds is 14. The number of fused-ring (bicyclic) bond motifs is 3. The van der Waals surface area contributed by atoms with E-state index in [0.717, 1.165) is 44.2 Å². The van der Waals surface area contributed by atoms with Crippen molar-refractivity contribution in [3.8, 4) is 5.75 Å². The van der Waals surface area contributed by atoms with Gasteiger partial charge in [-0.3, -0.25) is 9.97 Å². The molecule has 2 aromatic heterocycles. The highest BCUT2D eigenvalue weighted by Crippen LogP contribution is 2.37. The van der Waals surface area contributed by atoms with E-state index in [0.29, 0.717) is 52.9 Å². The van der Waals surface area contributed by atoms with E-state index in [2.05, 4.69) is 22.1 Å². The summed E-state index contributed by atoms with van der Waals surface area (Å²) in [6.45, 7) is 7.38. The fourth-order valence-corrected chi connectivity index (χ4v) is 3.42. The van der Waals surface area contributed by atoms with Crippen LogP contribution in [0, 0.1) is 13.8 Å². The molecule has 0 aliphatic carbocycles. The molecular weight excluding hydrogens is 412 g/mol. The van der Waals surface area contributed by atoms with Crippen LogP contribution in [0.4, 0.5) is 0 Å². The van der Waals surface area contributed by atoms with Crippen molar-refractivity contribution in [2.45, 2.75) is 20.5 Å². The molecule has 3 rings (SSSR count). The quantitative estimate of drug-likeness (QED) is 0.300. The average molecular weight is 445 g/mol. The number of aromatic nitrogens is 2. The van der Waals surface area contributed by atoms with Crippen molar-refractivity contribution in [3.05, 3.63) is 41.2 Å². The highest BCUT2D eigenvalue weighted by molar-refractivity contribution is 6.08. The molecule has 1 N–H and O–H groups in total. The molecule has 2 heterocycles. The lowest BCUT2D eigenvalue weighted by Crippen LogP contribution is -2.12. The van der Waals surface area contributed by atoms with Crippen LogP contribution in [0.15, 0.2) is 24.5 Å². The molecule has 0 saturated carbocycles. The zero-order chi connectivity index (χ0) is 22.8. The predicted molar refractivity (Wildman–Crippen MR) is 122 cm³/mol. The van der Waals surface area contributed by atoms with Gasteiger partial charge in [-0.25, -0.2) is 0 Å². The summed E-state index contributed by atoms with van der Waals surface area (Å²) < 4.78 is 28.0. The Labute approximate surface area is 188 Å². The van der Waals surface area contributed by atoms with Crippen LogP contribution in [-0.4, -0.2) is 75.0 Å². The van der Waals surface area contributed by atoms with Gasteiger partial charge in [0.05, 0.1) is 58.4 Å². The first-order chi connectivity index (χ1) is 15.7. The molecule has 1 aromatic carbocycles. The Morgan fingerprint density at radius 1 is 0.750 bits per heavy atom. The first-order valence-electron chi connectivity index (χ1n) is 10.8. The van der Waals surface area contributed by atoms with Crippen LogP contribution < -0.4 is 4.74 Å². The van der Waals surface area contributed by atoms with Gasteiger partial charge >= 0.3 is 0 Å². The van der Waals surface area contributed by atoms with Gasteiger partial charge in [0.25, 0.3) is 0 Å². The van der Waals surface area contributed by atoms with Crippen molar-refractivity contribution in [2.24, 2.45) is 0 Å². The Kier molecular flexibility index (Phi) is 9.58. The summed E-state index contributed by atoms with van der Waals surface area (Å²) in [7, 11) is 1.65. The number of aliphatic hydroxyl groups is 1. The molecule has 0 spiro atoms. The van der Waals surface area contributed by atoms with Gasteiger partial charge in [0, 0.05) is 35.8 Å². The summed E-state index contributed by atoms with van der Waals surface area (Å²) in [6, 6.07) is 4.16. The van der Waals surface area contributed by atoms with Crippen molar-refractivity contribution in [2.75, 3.05) is 60.0 Å². The van der Waals surface area contributed by atoms with E-state index in [4.69, 9.17) is 28.8 Å². The summed E-state index contributed by atoms with van der Waals surface area (Å²) in [5.41, 5.74) is 4.63. The minimum absolute atomic E-state index is 0.00293. The van der Waals surface area contributed by atoms with Gasteiger partial charge in [0.1, 0.15) is 17.9 Å². The molecular formula is C24H32N2O6. The highest BCUT2D eigenvalue weighted by Gasteiger charge is 2.18. The first-order valence-corrected chi connectivity index (χ1v) is 10.8. The molecule has 0 amide bonds. The van der Waals surface area contributed by atoms with E-state index in [1.165, 1.54) is 0 Å². The highest BCUT2D eigenvalue weighted by atomic mass is 16.5. The molecule has 0 fully saturated rings. The van der Waals surface area contributed by atoms with Gasteiger partial charge in [0.2, 0.25) is 0 Å². The van der Waals surface area contributed by atoms with Crippen molar-refractivity contribution < 1.29 is 28.8 Å². The number of nitrogens with zero attached hydrogens (tertiary/aromatic N) is 2. The summed E-state index contributed by atoms with van der Waals surface area (Å²) >= 11 is 0. The van der Waals surface area contributed by atoms with Crippen LogP contribution in [-0.2, 0) is 25.6 Å². The second-order valence-electron chi connectivity index (χ2n) is 7.47. The van der Waals surface area contributed by atoms with Gasteiger partial charge < -0.3 is 28.8 Å². The van der Waals surface area contributed by atoms with Gasteiger partial charge in [-0.2, -0.15) is 0 Å². The number of aliphatic hydroxyl groups excluding tert-OH is 1. The van der Waals surface area contributed by atoms with E-state index >= 15 is 0 Å². The summed E-state index contributed by atoms with van der Waals surface area (Å²) in [5.74, 6) is 0.739. The maximum Gasteiger partial charge on any atom is 0.135 e. The lowest BCUT2D eigenvalue weighted by atomic mass is 10.0. The number of pyridine rings is 2. The zero-order valence-corrected chi connectivity index (χ0v) is 19.1. The second-order valence-corrected chi connectivity index (χ2v) is 7.47. The van der Waals surface area contributed by atoms with E-state index in [-0.39, 0.29) is 6.61 Å². The van der Waals surface area contributed by atoms with Gasteiger partial charge in [0.15, 0.2) is 0 Å². The summed E-state index contributed by atoms with van der Waals surface area (Å²) in [5, 5.41) is 10.7. The molecule has 0 radical (unpaired) electrons. The lowest BCUT2D eigenvalue weighted by Gasteiger charge is -2.18. The van der Waals surface area contributed by atoms with Crippen LogP contribution in [0.25, 0.3) is 21.8 Å². The average Bonchev–Trinajstić information content (AvgIpc) is 2.79. The first kappa shape index (κ1) is 24.3. The molecule has 174 valence electrons. The van der Waals surface area contributed by atoms with Crippen molar-refractivity contribution in [3.63, 3.8) is 0 Å². The number of ether oxygens (including phenoxy) is 5. The molecule has 0 saturated heterocycles. The molecule has 0 aliphatic rings. The largest absolute Gasteiger partial charge is 0.490 e. The van der Waals surface area contributed by atoms with Crippen LogP contribution in [0.2, 0.25) is 0 Å². The second kappa shape index (κ2) is 12.6. The SMILES string of the molecule is COCCOCCOc1c(COCCOCCO)c2cc(C)cnc2c2ncc(C)cc12. The van der Waals surface area contributed by atoms with Crippen molar-refractivity contribution in [1.29, 1.82) is 0 Å². The Hall–Kier alpha value is -2.36. The third-order valence-electron chi connectivity index (χ3n) is 4.88. The van der Waals surface area contributed by atoms with Crippen molar-refractivity contribution in [1.82, 2.24) is 9.97 Å². The standard InChI is InChI=1S/C24H32N2O6/c1-17-12-19-21(16-31-9-8-29-5-4-27)24(32-11-10-30-7-6-28-3)20-13-18(2)15-26-23(20)22(19)25-14-17/h12-15,27H,4-11,16H2,1-3H3. The Morgan fingerprint density at radius 3 is 2.06 bits per heavy atom. The number of benzene rings is 1. The molecule has 8 heteroatoms. The van der Waals surface area contributed by atoms with E-state index < -0.39 is 0 Å². The number of methoxy groups -OCH3 is 1. The maximum atomic E-state index is 8.84. The molecule has 32 heavy (non-hydrogen) atoms. The normalized spacial score (nSPS) is 11.5. The third kappa shape index (κ3) is 6.34. The van der Waals surface area contributed by atoms with E-state index in [1.807, 2.05) is 26.2 Å². The molecule has 0 unspecified atom stereocenters. The Morgan fingerprint density at radius 2 is 1.34 bits per heavy atom. The van der Waals surface area contributed by atoms with Crippen molar-refractivity contribution >= 4 is 21.8 Å². The third-order valence-corrected chi connectivity index (χ3v) is 4.88. The molecule has 3 aromatic rings. The van der Waals surface area contributed by atoms with Gasteiger partial charge in [-0.05, 0) is 37.1 Å². The van der Waals surface area contributed by atoms with Crippen LogP contribution in [0.3, 0.4) is 0 Å². The number of aryl methyl sites for hydroxylation is 2. The minimum atomic E-state index is -0.00293.